The van der Waals surface area contributed by atoms with Crippen molar-refractivity contribution in [3.05, 3.63) is 59.6 Å². The highest BCUT2D eigenvalue weighted by atomic mass is 32.1. The molecule has 2 aliphatic rings. The van der Waals surface area contributed by atoms with Crippen LogP contribution in [0.4, 0.5) is 5.69 Å². The normalized spacial score (nSPS) is 26.7. The second-order valence-electron chi connectivity index (χ2n) is 7.79. The fourth-order valence-corrected chi connectivity index (χ4v) is 5.00. The molecular weight excluding hydrogens is 342 g/mol. The second-order valence-corrected chi connectivity index (χ2v) is 8.86. The molecule has 0 N–H and O–H groups in total. The Morgan fingerprint density at radius 3 is 2.46 bits per heavy atom. The average molecular weight is 363 g/mol. The Bertz CT molecular complexity index is 977. The topological polar surface area (TPSA) is 37.5 Å². The second kappa shape index (κ2) is 5.30. The summed E-state index contributed by atoms with van der Waals surface area (Å²) in [5.41, 5.74) is 1.78. The zero-order chi connectivity index (χ0) is 17.9. The maximum Gasteiger partial charge on any atom is 0.213 e. The van der Waals surface area contributed by atoms with Crippen molar-refractivity contribution in [2.24, 2.45) is 4.99 Å². The molecule has 0 bridgehead atoms. The van der Waals surface area contributed by atoms with E-state index in [-0.39, 0.29) is 17.1 Å². The number of hydrogen-bond acceptors (Lipinski definition) is 5. The van der Waals surface area contributed by atoms with Gasteiger partial charge in [0.25, 0.3) is 0 Å². The van der Waals surface area contributed by atoms with Gasteiger partial charge in [0.2, 0.25) is 5.90 Å². The van der Waals surface area contributed by atoms with Crippen molar-refractivity contribution in [3.8, 4) is 0 Å². The minimum absolute atomic E-state index is 0.148. The quantitative estimate of drug-likeness (QED) is 0.626. The van der Waals surface area contributed by atoms with Crippen molar-refractivity contribution in [1.29, 1.82) is 0 Å². The summed E-state index contributed by atoms with van der Waals surface area (Å²) >= 11 is 1.76. The summed E-state index contributed by atoms with van der Waals surface area (Å²) in [6.07, 6.45) is 0. The first-order chi connectivity index (χ1) is 12.5. The summed E-state index contributed by atoms with van der Waals surface area (Å²) in [5.74, 6) is 0.829. The van der Waals surface area contributed by atoms with Gasteiger partial charge in [-0.3, -0.25) is 0 Å². The molecule has 3 heterocycles. The van der Waals surface area contributed by atoms with Crippen molar-refractivity contribution in [2.75, 3.05) is 11.5 Å². The van der Waals surface area contributed by atoms with Gasteiger partial charge in [-0.1, -0.05) is 30.3 Å². The lowest BCUT2D eigenvalue weighted by molar-refractivity contribution is 0.270. The van der Waals surface area contributed by atoms with Crippen LogP contribution in [-0.2, 0) is 4.74 Å². The smallest absolute Gasteiger partial charge is 0.213 e. The highest BCUT2D eigenvalue weighted by Gasteiger charge is 2.67. The highest BCUT2D eigenvalue weighted by Crippen LogP contribution is 2.58. The number of nitrogens with zero attached hydrogens (tertiary/aromatic N) is 3. The average Bonchev–Trinajstić information content (AvgIpc) is 2.94. The minimum Gasteiger partial charge on any atom is -0.477 e. The standard InChI is InChI=1S/C21H21N3OS/c1-20(2)13-25-19(23-20)21(3)17(24(21)14-9-5-4-6-10-14)18-22-15-11-7-8-12-16(15)26-18/h4-12,17H,13H2,1-3H3/t17-,21+,24?/m0/s1. The van der Waals surface area contributed by atoms with Crippen molar-refractivity contribution in [3.63, 3.8) is 0 Å². The summed E-state index contributed by atoms with van der Waals surface area (Å²) in [5, 5.41) is 1.12. The van der Waals surface area contributed by atoms with Crippen LogP contribution in [0.3, 0.4) is 0 Å². The number of rotatable bonds is 3. The van der Waals surface area contributed by atoms with Gasteiger partial charge in [-0.2, -0.15) is 0 Å². The predicted octanol–water partition coefficient (Wildman–Crippen LogP) is 4.82. The van der Waals surface area contributed by atoms with E-state index < -0.39 is 0 Å². The van der Waals surface area contributed by atoms with E-state index >= 15 is 0 Å². The van der Waals surface area contributed by atoms with Crippen molar-refractivity contribution >= 4 is 33.1 Å². The van der Waals surface area contributed by atoms with Gasteiger partial charge in [0.1, 0.15) is 23.2 Å². The molecule has 2 aliphatic heterocycles. The van der Waals surface area contributed by atoms with Crippen LogP contribution < -0.4 is 4.90 Å². The summed E-state index contributed by atoms with van der Waals surface area (Å²) in [6, 6.07) is 19.0. The van der Waals surface area contributed by atoms with Crippen LogP contribution in [0.5, 0.6) is 0 Å². The maximum absolute atomic E-state index is 6.06. The number of benzene rings is 2. The molecule has 5 heteroatoms. The van der Waals surface area contributed by atoms with E-state index in [0.717, 1.165) is 16.4 Å². The molecule has 0 amide bonds. The zero-order valence-corrected chi connectivity index (χ0v) is 16.0. The van der Waals surface area contributed by atoms with E-state index in [1.807, 2.05) is 12.1 Å². The van der Waals surface area contributed by atoms with E-state index in [0.29, 0.717) is 6.61 Å². The van der Waals surface area contributed by atoms with Gasteiger partial charge in [-0.15, -0.1) is 11.3 Å². The Kier molecular flexibility index (Phi) is 3.23. The van der Waals surface area contributed by atoms with Gasteiger partial charge in [-0.25, -0.2) is 9.98 Å². The van der Waals surface area contributed by atoms with Crippen molar-refractivity contribution in [1.82, 2.24) is 4.98 Å². The number of fused-ring (bicyclic) bond motifs is 1. The van der Waals surface area contributed by atoms with E-state index in [2.05, 4.69) is 68.1 Å². The summed E-state index contributed by atoms with van der Waals surface area (Å²) < 4.78 is 7.28. The molecule has 1 fully saturated rings. The third-order valence-electron chi connectivity index (χ3n) is 5.20. The predicted molar refractivity (Wildman–Crippen MR) is 107 cm³/mol. The Morgan fingerprint density at radius 1 is 1.04 bits per heavy atom. The largest absolute Gasteiger partial charge is 0.477 e. The van der Waals surface area contributed by atoms with E-state index in [9.17, 15) is 0 Å². The molecule has 0 radical (unpaired) electrons. The zero-order valence-electron chi connectivity index (χ0n) is 15.1. The van der Waals surface area contributed by atoms with Gasteiger partial charge in [0, 0.05) is 5.69 Å². The van der Waals surface area contributed by atoms with Crippen molar-refractivity contribution in [2.45, 2.75) is 37.9 Å². The van der Waals surface area contributed by atoms with Gasteiger partial charge in [0.15, 0.2) is 0 Å². The molecular formula is C21H21N3OS. The van der Waals surface area contributed by atoms with Crippen LogP contribution in [0.15, 0.2) is 59.6 Å². The molecule has 1 aromatic heterocycles. The van der Waals surface area contributed by atoms with Gasteiger partial charge < -0.3 is 9.64 Å². The molecule has 132 valence electrons. The van der Waals surface area contributed by atoms with Crippen LogP contribution in [0.1, 0.15) is 31.8 Å². The third kappa shape index (κ3) is 2.27. The fraction of sp³-hybridized carbons (Fsp3) is 0.333. The Labute approximate surface area is 157 Å². The Balaban J connectivity index is 1.62. The lowest BCUT2D eigenvalue weighted by Gasteiger charge is -2.12. The molecule has 0 saturated carbocycles. The van der Waals surface area contributed by atoms with Crippen LogP contribution in [0, 0.1) is 0 Å². The Morgan fingerprint density at radius 2 is 1.77 bits per heavy atom. The van der Waals surface area contributed by atoms with E-state index in [1.165, 1.54) is 10.4 Å². The summed E-state index contributed by atoms with van der Waals surface area (Å²) in [7, 11) is 0. The first-order valence-electron chi connectivity index (χ1n) is 8.92. The molecule has 4 nitrogen and oxygen atoms in total. The van der Waals surface area contributed by atoms with Crippen LogP contribution in [0.2, 0.25) is 0 Å². The van der Waals surface area contributed by atoms with Crippen molar-refractivity contribution < 1.29 is 4.74 Å². The summed E-state index contributed by atoms with van der Waals surface area (Å²) in [4.78, 5) is 12.2. The monoisotopic (exact) mass is 363 g/mol. The first-order valence-corrected chi connectivity index (χ1v) is 9.74. The lowest BCUT2D eigenvalue weighted by atomic mass is 10.1. The van der Waals surface area contributed by atoms with E-state index in [1.54, 1.807) is 11.3 Å². The molecule has 1 saturated heterocycles. The molecule has 3 aromatic rings. The van der Waals surface area contributed by atoms with Crippen LogP contribution >= 0.6 is 11.3 Å². The van der Waals surface area contributed by atoms with Gasteiger partial charge in [-0.05, 0) is 45.0 Å². The number of aromatic nitrogens is 1. The maximum atomic E-state index is 6.06. The molecule has 0 aliphatic carbocycles. The van der Waals surface area contributed by atoms with Gasteiger partial charge >= 0.3 is 0 Å². The lowest BCUT2D eigenvalue weighted by Crippen LogP contribution is -2.26. The molecule has 26 heavy (non-hydrogen) atoms. The first kappa shape index (κ1) is 15.8. The summed E-state index contributed by atoms with van der Waals surface area (Å²) in [6.45, 7) is 7.08. The molecule has 2 atom stereocenters. The number of thiazole rings is 1. The number of anilines is 1. The van der Waals surface area contributed by atoms with E-state index in [4.69, 9.17) is 14.7 Å². The number of para-hydroxylation sites is 2. The minimum atomic E-state index is -0.289. The third-order valence-corrected chi connectivity index (χ3v) is 6.29. The number of ether oxygens (including phenoxy) is 1. The van der Waals surface area contributed by atoms with Gasteiger partial charge in [0.05, 0.1) is 15.8 Å². The molecule has 5 rings (SSSR count). The number of aliphatic imine (C=N–C) groups is 1. The molecule has 0 spiro atoms. The molecule has 0 unspecified atom stereocenters. The molecule has 2 aromatic carbocycles. The fourth-order valence-electron chi connectivity index (χ4n) is 3.82. The Hall–Kier alpha value is -2.40. The highest BCUT2D eigenvalue weighted by molar-refractivity contribution is 7.18. The number of hydrogen-bond donors (Lipinski definition) is 0. The van der Waals surface area contributed by atoms with Crippen LogP contribution in [0.25, 0.3) is 10.2 Å². The van der Waals surface area contributed by atoms with Crippen LogP contribution in [-0.4, -0.2) is 28.6 Å². The SMILES string of the molecule is CC1(C)COC([C@@]2(C)[C@H](c3nc4ccccc4s3)N2c2ccccc2)=N1.